The van der Waals surface area contributed by atoms with Crippen molar-refractivity contribution in [1.82, 2.24) is 4.98 Å². The maximum Gasteiger partial charge on any atom is 0.215 e. The van der Waals surface area contributed by atoms with Crippen LogP contribution in [0.5, 0.6) is 0 Å². The van der Waals surface area contributed by atoms with Crippen molar-refractivity contribution in [2.45, 2.75) is 12.8 Å². The Labute approximate surface area is 93.3 Å². The lowest BCUT2D eigenvalue weighted by Crippen LogP contribution is -2.21. The van der Waals surface area contributed by atoms with Gasteiger partial charge in [-0.1, -0.05) is 0 Å². The number of hydrogen-bond acceptors (Lipinski definition) is 4. The van der Waals surface area contributed by atoms with Crippen LogP contribution in [0.4, 0.5) is 10.2 Å². The van der Waals surface area contributed by atoms with Gasteiger partial charge in [0.15, 0.2) is 5.78 Å². The van der Waals surface area contributed by atoms with Crippen molar-refractivity contribution in [2.75, 3.05) is 24.5 Å². The van der Waals surface area contributed by atoms with Crippen LogP contribution in [-0.2, 0) is 0 Å². The van der Waals surface area contributed by atoms with Crippen molar-refractivity contribution in [2.24, 2.45) is 5.73 Å². The van der Waals surface area contributed by atoms with Gasteiger partial charge in [0.2, 0.25) is 5.95 Å². The molecule has 0 amide bonds. The maximum atomic E-state index is 13.2. The molecule has 2 rings (SSSR count). The first-order chi connectivity index (χ1) is 7.70. The molecule has 4 nitrogen and oxygen atoms in total. The van der Waals surface area contributed by atoms with Crippen LogP contribution in [-0.4, -0.2) is 30.4 Å². The van der Waals surface area contributed by atoms with E-state index in [1.54, 1.807) is 6.07 Å². The Morgan fingerprint density at radius 2 is 2.12 bits per heavy atom. The van der Waals surface area contributed by atoms with Gasteiger partial charge in [-0.15, -0.1) is 0 Å². The average Bonchev–Trinajstić information content (AvgIpc) is 2.80. The number of aromatic nitrogens is 1. The summed E-state index contributed by atoms with van der Waals surface area (Å²) in [6.07, 6.45) is 2.16. The summed E-state index contributed by atoms with van der Waals surface area (Å²) >= 11 is 0. The minimum Gasteiger partial charge on any atom is -0.357 e. The molecule has 2 heterocycles. The fourth-order valence-electron chi connectivity index (χ4n) is 1.87. The summed E-state index contributed by atoms with van der Waals surface area (Å²) < 4.78 is 13.2. The number of carbonyl (C=O) groups is 1. The third-order valence-corrected chi connectivity index (χ3v) is 2.72. The average molecular weight is 223 g/mol. The summed E-state index contributed by atoms with van der Waals surface area (Å²) in [4.78, 5) is 17.2. The van der Waals surface area contributed by atoms with E-state index in [-0.39, 0.29) is 12.3 Å². The first-order valence-corrected chi connectivity index (χ1v) is 5.36. The van der Waals surface area contributed by atoms with Gasteiger partial charge in [-0.25, -0.2) is 4.98 Å². The van der Waals surface area contributed by atoms with Crippen LogP contribution in [0, 0.1) is 5.95 Å². The molecule has 0 aliphatic carbocycles. The molecule has 0 unspecified atom stereocenters. The lowest BCUT2D eigenvalue weighted by molar-refractivity contribution is 0.100. The van der Waals surface area contributed by atoms with E-state index in [0.29, 0.717) is 11.4 Å². The Morgan fingerprint density at radius 3 is 2.75 bits per heavy atom. The predicted octanol–water partition coefficient (Wildman–Crippen LogP) is 0.962. The van der Waals surface area contributed by atoms with Crippen LogP contribution in [0.3, 0.4) is 0 Å². The highest BCUT2D eigenvalue weighted by Gasteiger charge is 2.16. The number of nitrogens with two attached hydrogens (primary N) is 1. The fourth-order valence-corrected chi connectivity index (χ4v) is 1.87. The van der Waals surface area contributed by atoms with Gasteiger partial charge in [-0.05, 0) is 18.9 Å². The SMILES string of the molecule is NCC(=O)c1cc(F)nc(N2CCCC2)c1. The van der Waals surface area contributed by atoms with Gasteiger partial charge in [-0.2, -0.15) is 4.39 Å². The molecule has 86 valence electrons. The number of rotatable bonds is 3. The fraction of sp³-hybridized carbons (Fsp3) is 0.455. The number of anilines is 1. The zero-order valence-corrected chi connectivity index (χ0v) is 8.95. The second-order valence-corrected chi connectivity index (χ2v) is 3.86. The third kappa shape index (κ3) is 2.19. The normalized spacial score (nSPS) is 15.5. The van der Waals surface area contributed by atoms with E-state index in [1.165, 1.54) is 0 Å². The second kappa shape index (κ2) is 4.57. The van der Waals surface area contributed by atoms with Crippen LogP contribution in [0.15, 0.2) is 12.1 Å². The Balaban J connectivity index is 2.31. The lowest BCUT2D eigenvalue weighted by atomic mass is 10.1. The van der Waals surface area contributed by atoms with E-state index in [0.717, 1.165) is 32.0 Å². The van der Waals surface area contributed by atoms with E-state index >= 15 is 0 Å². The summed E-state index contributed by atoms with van der Waals surface area (Å²) in [5.74, 6) is -0.350. The van der Waals surface area contributed by atoms with Gasteiger partial charge < -0.3 is 10.6 Å². The van der Waals surface area contributed by atoms with E-state index in [1.807, 2.05) is 4.90 Å². The number of nitrogens with zero attached hydrogens (tertiary/aromatic N) is 2. The first kappa shape index (κ1) is 11.0. The van der Waals surface area contributed by atoms with Crippen LogP contribution < -0.4 is 10.6 Å². The number of Topliss-reactive ketones (excluding diaryl/α,β-unsaturated/α-hetero) is 1. The minimum atomic E-state index is -0.624. The zero-order chi connectivity index (χ0) is 11.5. The molecule has 0 bridgehead atoms. The van der Waals surface area contributed by atoms with Crippen molar-refractivity contribution in [3.05, 3.63) is 23.6 Å². The first-order valence-electron chi connectivity index (χ1n) is 5.36. The Morgan fingerprint density at radius 1 is 1.44 bits per heavy atom. The summed E-state index contributed by atoms with van der Waals surface area (Å²) in [6, 6.07) is 2.75. The molecule has 0 aromatic carbocycles. The molecule has 1 aliphatic heterocycles. The zero-order valence-electron chi connectivity index (χ0n) is 8.95. The van der Waals surface area contributed by atoms with Crippen molar-refractivity contribution < 1.29 is 9.18 Å². The Bertz CT molecular complexity index is 402. The highest BCUT2D eigenvalue weighted by molar-refractivity contribution is 5.98. The largest absolute Gasteiger partial charge is 0.357 e. The third-order valence-electron chi connectivity index (χ3n) is 2.72. The Kier molecular flexibility index (Phi) is 3.14. The molecule has 16 heavy (non-hydrogen) atoms. The molecule has 0 atom stereocenters. The lowest BCUT2D eigenvalue weighted by Gasteiger charge is -2.16. The predicted molar refractivity (Wildman–Crippen MR) is 59.0 cm³/mol. The standard InChI is InChI=1S/C11H14FN3O/c12-10-5-8(9(16)7-13)6-11(14-10)15-3-1-2-4-15/h5-6H,1-4,7,13H2. The number of halogens is 1. The van der Waals surface area contributed by atoms with Gasteiger partial charge in [0.1, 0.15) is 5.82 Å². The molecule has 1 aromatic rings. The second-order valence-electron chi connectivity index (χ2n) is 3.86. The molecule has 0 radical (unpaired) electrons. The van der Waals surface area contributed by atoms with Gasteiger partial charge in [0.05, 0.1) is 6.54 Å². The van der Waals surface area contributed by atoms with Crippen LogP contribution >= 0.6 is 0 Å². The molecular formula is C11H14FN3O. The van der Waals surface area contributed by atoms with Crippen molar-refractivity contribution in [3.8, 4) is 0 Å². The van der Waals surface area contributed by atoms with Gasteiger partial charge >= 0.3 is 0 Å². The highest BCUT2D eigenvalue weighted by Crippen LogP contribution is 2.19. The molecule has 1 fully saturated rings. The quantitative estimate of drug-likeness (QED) is 0.612. The summed E-state index contributed by atoms with van der Waals surface area (Å²) in [5, 5.41) is 0. The number of hydrogen-bond donors (Lipinski definition) is 1. The van der Waals surface area contributed by atoms with E-state index in [2.05, 4.69) is 4.98 Å². The van der Waals surface area contributed by atoms with Gasteiger partial charge in [-0.3, -0.25) is 4.79 Å². The minimum absolute atomic E-state index is 0.108. The van der Waals surface area contributed by atoms with Crippen LogP contribution in [0.1, 0.15) is 23.2 Å². The van der Waals surface area contributed by atoms with Crippen molar-refractivity contribution in [3.63, 3.8) is 0 Å². The van der Waals surface area contributed by atoms with Gasteiger partial charge in [0.25, 0.3) is 0 Å². The molecule has 2 N–H and O–H groups in total. The summed E-state index contributed by atoms with van der Waals surface area (Å²) in [5.41, 5.74) is 5.55. The van der Waals surface area contributed by atoms with E-state index < -0.39 is 5.95 Å². The number of ketones is 1. The van der Waals surface area contributed by atoms with Gasteiger partial charge in [0, 0.05) is 24.7 Å². The molecular weight excluding hydrogens is 209 g/mol. The number of pyridine rings is 1. The van der Waals surface area contributed by atoms with Crippen molar-refractivity contribution in [1.29, 1.82) is 0 Å². The van der Waals surface area contributed by atoms with Crippen LogP contribution in [0.25, 0.3) is 0 Å². The van der Waals surface area contributed by atoms with E-state index in [9.17, 15) is 9.18 Å². The monoisotopic (exact) mass is 223 g/mol. The van der Waals surface area contributed by atoms with E-state index in [4.69, 9.17) is 5.73 Å². The molecule has 1 aliphatic rings. The summed E-state index contributed by atoms with van der Waals surface area (Å²) in [7, 11) is 0. The topological polar surface area (TPSA) is 59.2 Å². The number of carbonyl (C=O) groups excluding carboxylic acids is 1. The smallest absolute Gasteiger partial charge is 0.215 e. The molecule has 1 aromatic heterocycles. The summed E-state index contributed by atoms with van der Waals surface area (Å²) in [6.45, 7) is 1.63. The molecule has 0 spiro atoms. The molecule has 1 saturated heterocycles. The molecule has 0 saturated carbocycles. The molecule has 5 heteroatoms. The maximum absolute atomic E-state index is 13.2. The van der Waals surface area contributed by atoms with Crippen LogP contribution in [0.2, 0.25) is 0 Å². The highest BCUT2D eigenvalue weighted by atomic mass is 19.1. The Hall–Kier alpha value is -1.49. The van der Waals surface area contributed by atoms with Crippen molar-refractivity contribution >= 4 is 11.6 Å².